The van der Waals surface area contributed by atoms with Crippen LogP contribution in [0.25, 0.3) is 0 Å². The summed E-state index contributed by atoms with van der Waals surface area (Å²) in [5.74, 6) is 2.33. The largest absolute Gasteiger partial charge is 0.490 e. The first-order chi connectivity index (χ1) is 8.15. The van der Waals surface area contributed by atoms with Gasteiger partial charge in [-0.2, -0.15) is 0 Å². The van der Waals surface area contributed by atoms with E-state index in [1.807, 2.05) is 0 Å². The van der Waals surface area contributed by atoms with Crippen LogP contribution in [0.15, 0.2) is 6.33 Å². The van der Waals surface area contributed by atoms with Gasteiger partial charge < -0.3 is 15.8 Å². The number of hydrogen-bond acceptors (Lipinski definition) is 5. The molecule has 1 aromatic rings. The molecule has 0 bridgehead atoms. The normalized spacial score (nSPS) is 10.6. The molecule has 0 aliphatic heterocycles. The molecule has 1 aromatic heterocycles. The van der Waals surface area contributed by atoms with Gasteiger partial charge in [0.1, 0.15) is 6.33 Å². The van der Waals surface area contributed by atoms with E-state index in [4.69, 9.17) is 10.5 Å². The van der Waals surface area contributed by atoms with Gasteiger partial charge >= 0.3 is 0 Å². The highest BCUT2D eigenvalue weighted by atomic mass is 16.5. The highest BCUT2D eigenvalue weighted by Crippen LogP contribution is 2.26. The first-order valence-electron chi connectivity index (χ1n) is 6.03. The topological polar surface area (TPSA) is 73.1 Å². The van der Waals surface area contributed by atoms with Crippen molar-refractivity contribution in [1.29, 1.82) is 0 Å². The summed E-state index contributed by atoms with van der Waals surface area (Å²) in [6.45, 7) is 5.35. The van der Waals surface area contributed by atoms with Crippen molar-refractivity contribution >= 4 is 11.6 Å². The van der Waals surface area contributed by atoms with Crippen molar-refractivity contribution in [2.45, 2.75) is 33.1 Å². The van der Waals surface area contributed by atoms with E-state index in [0.29, 0.717) is 17.4 Å². The highest BCUT2D eigenvalue weighted by Gasteiger charge is 2.08. The smallest absolute Gasteiger partial charge is 0.203 e. The van der Waals surface area contributed by atoms with Crippen LogP contribution in [-0.4, -0.2) is 23.6 Å². The average molecular weight is 238 g/mol. The molecule has 1 heterocycles. The highest BCUT2D eigenvalue weighted by molar-refractivity contribution is 5.61. The molecule has 0 saturated heterocycles. The number of rotatable bonds is 7. The predicted molar refractivity (Wildman–Crippen MR) is 70.2 cm³/mol. The van der Waals surface area contributed by atoms with Crippen LogP contribution in [0.3, 0.4) is 0 Å². The van der Waals surface area contributed by atoms with E-state index in [9.17, 15) is 0 Å². The number of ether oxygens (including phenoxy) is 1. The van der Waals surface area contributed by atoms with E-state index in [0.717, 1.165) is 18.9 Å². The molecular formula is C12H22N4O. The summed E-state index contributed by atoms with van der Waals surface area (Å²) >= 11 is 0. The molecule has 5 nitrogen and oxygen atoms in total. The maximum absolute atomic E-state index is 5.69. The lowest BCUT2D eigenvalue weighted by molar-refractivity contribution is 0.415. The van der Waals surface area contributed by atoms with Gasteiger partial charge in [0.25, 0.3) is 0 Å². The van der Waals surface area contributed by atoms with Gasteiger partial charge in [0.15, 0.2) is 11.6 Å². The Morgan fingerprint density at radius 3 is 2.76 bits per heavy atom. The van der Waals surface area contributed by atoms with Crippen LogP contribution in [-0.2, 0) is 0 Å². The zero-order chi connectivity index (χ0) is 12.7. The zero-order valence-electron chi connectivity index (χ0n) is 10.9. The van der Waals surface area contributed by atoms with Crippen LogP contribution in [0.4, 0.5) is 11.6 Å². The third kappa shape index (κ3) is 4.46. The molecule has 1 rings (SSSR count). The number of nitrogens with two attached hydrogens (primary N) is 1. The third-order valence-corrected chi connectivity index (χ3v) is 2.54. The Bertz CT molecular complexity index is 341. The second kappa shape index (κ2) is 6.93. The summed E-state index contributed by atoms with van der Waals surface area (Å²) in [6.07, 6.45) is 5.03. The third-order valence-electron chi connectivity index (χ3n) is 2.54. The molecule has 3 N–H and O–H groups in total. The Balaban J connectivity index is 2.39. The van der Waals surface area contributed by atoms with E-state index in [-0.39, 0.29) is 0 Å². The van der Waals surface area contributed by atoms with E-state index in [1.165, 1.54) is 19.2 Å². The van der Waals surface area contributed by atoms with Crippen LogP contribution in [0.1, 0.15) is 33.1 Å². The molecule has 0 aliphatic carbocycles. The summed E-state index contributed by atoms with van der Waals surface area (Å²) < 4.78 is 5.16. The van der Waals surface area contributed by atoms with Crippen molar-refractivity contribution in [2.75, 3.05) is 24.7 Å². The number of methoxy groups -OCH3 is 1. The lowest BCUT2D eigenvalue weighted by atomic mass is 10.1. The van der Waals surface area contributed by atoms with Crippen LogP contribution >= 0.6 is 0 Å². The van der Waals surface area contributed by atoms with Gasteiger partial charge in [0.2, 0.25) is 5.75 Å². The number of nitrogens with one attached hydrogen (secondary N) is 1. The van der Waals surface area contributed by atoms with Gasteiger partial charge in [-0.3, -0.25) is 0 Å². The molecule has 0 atom stereocenters. The van der Waals surface area contributed by atoms with Crippen LogP contribution in [0.2, 0.25) is 0 Å². The van der Waals surface area contributed by atoms with Gasteiger partial charge in [0.05, 0.1) is 7.11 Å². The Kier molecular flexibility index (Phi) is 5.52. The Labute approximate surface area is 103 Å². The summed E-state index contributed by atoms with van der Waals surface area (Å²) in [7, 11) is 1.57. The summed E-state index contributed by atoms with van der Waals surface area (Å²) in [5.41, 5.74) is 5.69. The van der Waals surface area contributed by atoms with Crippen LogP contribution in [0, 0.1) is 5.92 Å². The maximum Gasteiger partial charge on any atom is 0.203 e. The lowest BCUT2D eigenvalue weighted by Crippen LogP contribution is -2.07. The van der Waals surface area contributed by atoms with Gasteiger partial charge in [-0.05, 0) is 12.3 Å². The van der Waals surface area contributed by atoms with E-state index < -0.39 is 0 Å². The van der Waals surface area contributed by atoms with Crippen molar-refractivity contribution in [3.63, 3.8) is 0 Å². The minimum absolute atomic E-state index is 0.368. The fraction of sp³-hybridized carbons (Fsp3) is 0.667. The molecule has 0 unspecified atom stereocenters. The number of unbranched alkanes of at least 4 members (excludes halogenated alkanes) is 1. The van der Waals surface area contributed by atoms with Gasteiger partial charge in [-0.1, -0.05) is 26.7 Å². The molecule has 0 aromatic carbocycles. The number of hydrogen-bond donors (Lipinski definition) is 2. The second-order valence-corrected chi connectivity index (χ2v) is 4.46. The van der Waals surface area contributed by atoms with Crippen LogP contribution < -0.4 is 15.8 Å². The van der Waals surface area contributed by atoms with Crippen LogP contribution in [0.5, 0.6) is 5.75 Å². The minimum atomic E-state index is 0.368. The van der Waals surface area contributed by atoms with E-state index in [1.54, 1.807) is 7.11 Å². The van der Waals surface area contributed by atoms with Crippen molar-refractivity contribution in [3.05, 3.63) is 6.33 Å². The summed E-state index contributed by atoms with van der Waals surface area (Å²) in [5, 5.41) is 3.22. The molecule has 0 spiro atoms. The second-order valence-electron chi connectivity index (χ2n) is 4.46. The van der Waals surface area contributed by atoms with Crippen molar-refractivity contribution in [1.82, 2.24) is 9.97 Å². The van der Waals surface area contributed by atoms with Gasteiger partial charge in [-0.15, -0.1) is 0 Å². The van der Waals surface area contributed by atoms with Crippen molar-refractivity contribution in [3.8, 4) is 5.75 Å². The minimum Gasteiger partial charge on any atom is -0.490 e. The van der Waals surface area contributed by atoms with Crippen molar-refractivity contribution in [2.24, 2.45) is 5.92 Å². The van der Waals surface area contributed by atoms with E-state index in [2.05, 4.69) is 29.1 Å². The van der Waals surface area contributed by atoms with E-state index >= 15 is 0 Å². The average Bonchev–Trinajstić information content (AvgIpc) is 2.28. The molecular weight excluding hydrogens is 216 g/mol. The molecule has 0 saturated carbocycles. The predicted octanol–water partition coefficient (Wildman–Crippen LogP) is 2.31. The molecule has 0 amide bonds. The quantitative estimate of drug-likeness (QED) is 0.713. The summed E-state index contributed by atoms with van der Waals surface area (Å²) in [4.78, 5) is 8.00. The van der Waals surface area contributed by atoms with Gasteiger partial charge in [0, 0.05) is 6.54 Å². The Hall–Kier alpha value is -1.52. The summed E-state index contributed by atoms with van der Waals surface area (Å²) in [6, 6.07) is 0. The monoisotopic (exact) mass is 238 g/mol. The fourth-order valence-corrected chi connectivity index (χ4v) is 1.60. The number of anilines is 2. The lowest BCUT2D eigenvalue weighted by Gasteiger charge is -2.11. The molecule has 0 fully saturated rings. The SMILES string of the molecule is COc1c(N)ncnc1NCCCCC(C)C. The standard InChI is InChI=1S/C12H22N4O/c1-9(2)6-4-5-7-14-12-10(17-3)11(13)15-8-16-12/h8-9H,4-7H2,1-3H3,(H3,13,14,15,16). The molecule has 17 heavy (non-hydrogen) atoms. The molecule has 96 valence electrons. The molecule has 5 heteroatoms. The molecule has 0 radical (unpaired) electrons. The zero-order valence-corrected chi connectivity index (χ0v) is 10.9. The Morgan fingerprint density at radius 2 is 2.12 bits per heavy atom. The first-order valence-corrected chi connectivity index (χ1v) is 6.03. The molecule has 0 aliphatic rings. The number of nitrogen functional groups attached to an aromatic ring is 1. The maximum atomic E-state index is 5.69. The van der Waals surface area contributed by atoms with Gasteiger partial charge in [-0.25, -0.2) is 9.97 Å². The first kappa shape index (κ1) is 13.5. The Morgan fingerprint density at radius 1 is 1.35 bits per heavy atom. The number of aromatic nitrogens is 2. The van der Waals surface area contributed by atoms with Crippen molar-refractivity contribution < 1.29 is 4.74 Å². The fourth-order valence-electron chi connectivity index (χ4n) is 1.60. The number of nitrogens with zero attached hydrogens (tertiary/aromatic N) is 2.